The molecule has 92 valence electrons. The second kappa shape index (κ2) is 6.47. The summed E-state index contributed by atoms with van der Waals surface area (Å²) in [5.41, 5.74) is 0.775. The van der Waals surface area contributed by atoms with Gasteiger partial charge in [-0.25, -0.2) is 4.79 Å². The van der Waals surface area contributed by atoms with E-state index >= 15 is 0 Å². The number of alkyl halides is 1. The molecule has 0 fully saturated rings. The first-order chi connectivity index (χ1) is 8.02. The lowest BCUT2D eigenvalue weighted by molar-refractivity contribution is -0.141. The molecule has 0 spiro atoms. The summed E-state index contributed by atoms with van der Waals surface area (Å²) >= 11 is 11.0. The summed E-state index contributed by atoms with van der Waals surface area (Å²) in [7, 11) is 0. The molecule has 1 aromatic rings. The number of hydrogen-bond acceptors (Lipinski definition) is 2. The number of halogens is 2. The Morgan fingerprint density at radius 1 is 1.29 bits per heavy atom. The number of carboxylic acid groups (broad SMARTS) is 1. The van der Waals surface area contributed by atoms with Crippen LogP contribution in [0.25, 0.3) is 0 Å². The summed E-state index contributed by atoms with van der Waals surface area (Å²) in [5, 5.41) is 11.8. The Kier molecular flexibility index (Phi) is 5.25. The lowest BCUT2D eigenvalue weighted by atomic mass is 10.1. The Hall–Kier alpha value is -1.26. The minimum absolute atomic E-state index is 0.190. The van der Waals surface area contributed by atoms with Crippen LogP contribution >= 0.6 is 23.2 Å². The quantitative estimate of drug-likeness (QED) is 0.804. The van der Waals surface area contributed by atoms with Crippen LogP contribution in [0.3, 0.4) is 0 Å². The first-order valence-corrected chi connectivity index (χ1v) is 5.76. The van der Waals surface area contributed by atoms with E-state index in [-0.39, 0.29) is 12.3 Å². The number of amides is 1. The maximum Gasteiger partial charge on any atom is 0.326 e. The maximum atomic E-state index is 11.0. The van der Waals surface area contributed by atoms with Gasteiger partial charge in [0.15, 0.2) is 0 Å². The van der Waals surface area contributed by atoms with Gasteiger partial charge in [0.1, 0.15) is 11.9 Å². The van der Waals surface area contributed by atoms with Crippen LogP contribution in [0, 0.1) is 0 Å². The lowest BCUT2D eigenvalue weighted by Crippen LogP contribution is -2.42. The van der Waals surface area contributed by atoms with E-state index in [2.05, 4.69) is 5.32 Å². The molecule has 1 amide bonds. The number of carbonyl (C=O) groups is 2. The van der Waals surface area contributed by atoms with Crippen LogP contribution < -0.4 is 5.32 Å². The molecule has 0 aliphatic rings. The molecule has 6 heteroatoms. The summed E-state index contributed by atoms with van der Waals surface area (Å²) in [6.07, 6.45) is 0.190. The van der Waals surface area contributed by atoms with Crippen LogP contribution in [0.1, 0.15) is 5.56 Å². The number of nitrogens with one attached hydrogen (secondary N) is 1. The van der Waals surface area contributed by atoms with Crippen LogP contribution in [0.15, 0.2) is 24.3 Å². The first-order valence-electron chi connectivity index (χ1n) is 4.85. The average Bonchev–Trinajstić information content (AvgIpc) is 2.30. The summed E-state index contributed by atoms with van der Waals surface area (Å²) in [6.45, 7) is 0. The van der Waals surface area contributed by atoms with E-state index in [1.165, 1.54) is 0 Å². The minimum Gasteiger partial charge on any atom is -0.480 e. The fraction of sp³-hybridized carbons (Fsp3) is 0.273. The topological polar surface area (TPSA) is 66.4 Å². The maximum absolute atomic E-state index is 11.0. The van der Waals surface area contributed by atoms with Gasteiger partial charge in [0, 0.05) is 11.4 Å². The van der Waals surface area contributed by atoms with Gasteiger partial charge in [0.05, 0.1) is 0 Å². The van der Waals surface area contributed by atoms with Gasteiger partial charge in [0.2, 0.25) is 5.91 Å². The van der Waals surface area contributed by atoms with Gasteiger partial charge in [0.25, 0.3) is 0 Å². The van der Waals surface area contributed by atoms with Gasteiger partial charge in [-0.1, -0.05) is 23.7 Å². The molecule has 0 radical (unpaired) electrons. The molecule has 17 heavy (non-hydrogen) atoms. The van der Waals surface area contributed by atoms with Crippen molar-refractivity contribution in [2.24, 2.45) is 0 Å². The molecular weight excluding hydrogens is 265 g/mol. The molecule has 0 saturated carbocycles. The molecule has 0 heterocycles. The monoisotopic (exact) mass is 275 g/mol. The third-order valence-corrected chi connectivity index (χ3v) is 2.60. The standard InChI is InChI=1S/C11H11Cl2NO3/c12-6-10(15)14-9(11(16)17)5-7-1-3-8(13)4-2-7/h1-4,9H,5-6H2,(H,14,15)(H,16,17)/t9-/m1/s1. The van der Waals surface area contributed by atoms with Crippen molar-refractivity contribution in [3.05, 3.63) is 34.9 Å². The van der Waals surface area contributed by atoms with Crippen molar-refractivity contribution in [1.29, 1.82) is 0 Å². The zero-order valence-corrected chi connectivity index (χ0v) is 10.3. The number of carboxylic acids is 1. The molecule has 0 aliphatic heterocycles. The zero-order valence-electron chi connectivity index (χ0n) is 8.82. The molecule has 0 unspecified atom stereocenters. The van der Waals surface area contributed by atoms with Crippen LogP contribution in [-0.2, 0) is 16.0 Å². The van der Waals surface area contributed by atoms with Crippen LogP contribution in [0.5, 0.6) is 0 Å². The molecule has 0 bridgehead atoms. The highest BCUT2D eigenvalue weighted by atomic mass is 35.5. The van der Waals surface area contributed by atoms with Gasteiger partial charge in [-0.15, -0.1) is 11.6 Å². The smallest absolute Gasteiger partial charge is 0.326 e. The molecule has 0 aliphatic carbocycles. The summed E-state index contributed by atoms with van der Waals surface area (Å²) in [4.78, 5) is 22.0. The van der Waals surface area contributed by atoms with Crippen LogP contribution in [0.4, 0.5) is 0 Å². The summed E-state index contributed by atoms with van der Waals surface area (Å²) < 4.78 is 0. The molecule has 1 aromatic carbocycles. The Morgan fingerprint density at radius 3 is 2.35 bits per heavy atom. The third-order valence-electron chi connectivity index (χ3n) is 2.11. The van der Waals surface area contributed by atoms with Crippen molar-refractivity contribution in [3.63, 3.8) is 0 Å². The molecule has 1 atom stereocenters. The van der Waals surface area contributed by atoms with Gasteiger partial charge < -0.3 is 10.4 Å². The third kappa shape index (κ3) is 4.63. The second-order valence-electron chi connectivity index (χ2n) is 3.42. The van der Waals surface area contributed by atoms with Crippen molar-refractivity contribution < 1.29 is 14.7 Å². The molecule has 0 aromatic heterocycles. The fourth-order valence-corrected chi connectivity index (χ4v) is 1.49. The Labute approximate surface area is 109 Å². The Morgan fingerprint density at radius 2 is 1.88 bits per heavy atom. The predicted octanol–water partition coefficient (Wildman–Crippen LogP) is 1.69. The van der Waals surface area contributed by atoms with Crippen molar-refractivity contribution >= 4 is 35.1 Å². The summed E-state index contributed by atoms with van der Waals surface area (Å²) in [6, 6.07) is 5.77. The van der Waals surface area contributed by atoms with E-state index in [1.807, 2.05) is 0 Å². The van der Waals surface area contributed by atoms with Gasteiger partial charge >= 0.3 is 5.97 Å². The van der Waals surface area contributed by atoms with E-state index < -0.39 is 17.9 Å². The predicted molar refractivity (Wildman–Crippen MR) is 65.4 cm³/mol. The van der Waals surface area contributed by atoms with Gasteiger partial charge in [-0.2, -0.15) is 0 Å². The zero-order chi connectivity index (χ0) is 12.8. The lowest BCUT2D eigenvalue weighted by Gasteiger charge is -2.13. The first kappa shape index (κ1) is 13.8. The molecule has 4 nitrogen and oxygen atoms in total. The van der Waals surface area contributed by atoms with Crippen molar-refractivity contribution in [2.75, 3.05) is 5.88 Å². The highest BCUT2D eigenvalue weighted by molar-refractivity contribution is 6.30. The number of carbonyl (C=O) groups excluding carboxylic acids is 1. The van der Waals surface area contributed by atoms with E-state index in [9.17, 15) is 9.59 Å². The Balaban J connectivity index is 2.70. The van der Waals surface area contributed by atoms with E-state index in [0.29, 0.717) is 5.02 Å². The highest BCUT2D eigenvalue weighted by Gasteiger charge is 2.19. The number of benzene rings is 1. The average molecular weight is 276 g/mol. The van der Waals surface area contributed by atoms with Crippen molar-refractivity contribution in [1.82, 2.24) is 5.32 Å². The molecule has 2 N–H and O–H groups in total. The minimum atomic E-state index is -1.10. The van der Waals surface area contributed by atoms with Crippen molar-refractivity contribution in [3.8, 4) is 0 Å². The molecule has 0 saturated heterocycles. The number of rotatable bonds is 5. The van der Waals surface area contributed by atoms with E-state index in [4.69, 9.17) is 28.3 Å². The molecule has 1 rings (SSSR count). The fourth-order valence-electron chi connectivity index (χ4n) is 1.29. The number of hydrogen-bond donors (Lipinski definition) is 2. The summed E-state index contributed by atoms with van der Waals surface area (Å²) in [5.74, 6) is -1.86. The Bertz CT molecular complexity index is 406. The molecular formula is C11H11Cl2NO3. The van der Waals surface area contributed by atoms with Gasteiger partial charge in [-0.3, -0.25) is 4.79 Å². The normalized spacial score (nSPS) is 11.9. The van der Waals surface area contributed by atoms with E-state index in [1.54, 1.807) is 24.3 Å². The highest BCUT2D eigenvalue weighted by Crippen LogP contribution is 2.11. The number of aliphatic carboxylic acids is 1. The van der Waals surface area contributed by atoms with Crippen LogP contribution in [-0.4, -0.2) is 28.9 Å². The van der Waals surface area contributed by atoms with E-state index in [0.717, 1.165) is 5.56 Å². The van der Waals surface area contributed by atoms with Crippen molar-refractivity contribution in [2.45, 2.75) is 12.5 Å². The largest absolute Gasteiger partial charge is 0.480 e. The SMILES string of the molecule is O=C(CCl)N[C@H](Cc1ccc(Cl)cc1)C(=O)O. The van der Waals surface area contributed by atoms with Crippen LogP contribution in [0.2, 0.25) is 5.02 Å². The second-order valence-corrected chi connectivity index (χ2v) is 4.13. The van der Waals surface area contributed by atoms with Gasteiger partial charge in [-0.05, 0) is 17.7 Å².